The molecule has 1 unspecified atom stereocenters. The van der Waals surface area contributed by atoms with E-state index in [1.165, 1.54) is 0 Å². The Bertz CT molecular complexity index is 729. The average Bonchev–Trinajstić information content (AvgIpc) is 2.46. The summed E-state index contributed by atoms with van der Waals surface area (Å²) < 4.78 is 27.2. The van der Waals surface area contributed by atoms with Crippen LogP contribution in [-0.2, 0) is 10.0 Å². The highest BCUT2D eigenvalue weighted by molar-refractivity contribution is 7.89. The van der Waals surface area contributed by atoms with Gasteiger partial charge in [-0.15, -0.1) is 0 Å². The highest BCUT2D eigenvalue weighted by Gasteiger charge is 2.16. The van der Waals surface area contributed by atoms with Gasteiger partial charge in [0.2, 0.25) is 10.0 Å². The molecule has 0 spiro atoms. The lowest BCUT2D eigenvalue weighted by Gasteiger charge is -2.12. The van der Waals surface area contributed by atoms with Gasteiger partial charge in [-0.1, -0.05) is 6.92 Å². The molecule has 0 amide bonds. The van der Waals surface area contributed by atoms with Gasteiger partial charge < -0.3 is 5.32 Å². The number of hydrogen-bond acceptors (Lipinski definition) is 4. The number of rotatable bonds is 6. The van der Waals surface area contributed by atoms with Gasteiger partial charge in [-0.2, -0.15) is 0 Å². The van der Waals surface area contributed by atoms with E-state index in [4.69, 9.17) is 0 Å². The molecule has 1 aromatic carbocycles. The fourth-order valence-corrected chi connectivity index (χ4v) is 3.33. The Balaban J connectivity index is 2.37. The van der Waals surface area contributed by atoms with Crippen molar-refractivity contribution in [1.29, 1.82) is 0 Å². The molecule has 0 aliphatic carbocycles. The zero-order chi connectivity index (χ0) is 15.5. The van der Waals surface area contributed by atoms with Crippen LogP contribution in [-0.4, -0.2) is 26.0 Å². The van der Waals surface area contributed by atoms with E-state index in [1.54, 1.807) is 18.2 Å². The van der Waals surface area contributed by atoms with Crippen LogP contribution in [0.3, 0.4) is 0 Å². The van der Waals surface area contributed by atoms with Crippen LogP contribution in [0.5, 0.6) is 0 Å². The minimum atomic E-state index is -3.48. The molecule has 0 aliphatic heterocycles. The number of nitrogens with one attached hydrogen (secondary N) is 2. The summed E-state index contributed by atoms with van der Waals surface area (Å²) in [5, 5.41) is 3.95. The Kier molecular flexibility index (Phi) is 4.80. The molecule has 21 heavy (non-hydrogen) atoms. The third kappa shape index (κ3) is 3.71. The number of fused-ring (bicyclic) bond motifs is 1. The van der Waals surface area contributed by atoms with E-state index < -0.39 is 10.0 Å². The summed E-state index contributed by atoms with van der Waals surface area (Å²) in [6.45, 7) is 6.59. The minimum Gasteiger partial charge on any atom is -0.370 e. The van der Waals surface area contributed by atoms with Gasteiger partial charge in [0.15, 0.2) is 0 Å². The van der Waals surface area contributed by atoms with Crippen LogP contribution >= 0.6 is 0 Å². The van der Waals surface area contributed by atoms with Crippen LogP contribution in [0.4, 0.5) is 5.82 Å². The molecule has 1 aromatic heterocycles. The van der Waals surface area contributed by atoms with Gasteiger partial charge >= 0.3 is 0 Å². The SMILES string of the molecule is CCNc1ccc2cc(S(=O)(=O)NC(C)CC)ccc2n1. The molecule has 5 nitrogen and oxygen atoms in total. The second-order valence-corrected chi connectivity index (χ2v) is 6.73. The van der Waals surface area contributed by atoms with Crippen molar-refractivity contribution in [2.45, 2.75) is 38.1 Å². The van der Waals surface area contributed by atoms with E-state index in [0.717, 1.165) is 29.7 Å². The normalized spacial score (nSPS) is 13.3. The average molecular weight is 307 g/mol. The summed E-state index contributed by atoms with van der Waals surface area (Å²) >= 11 is 0. The van der Waals surface area contributed by atoms with Crippen molar-refractivity contribution in [3.8, 4) is 0 Å². The van der Waals surface area contributed by atoms with Crippen LogP contribution in [0.25, 0.3) is 10.9 Å². The van der Waals surface area contributed by atoms with Crippen molar-refractivity contribution in [2.75, 3.05) is 11.9 Å². The predicted octanol–water partition coefficient (Wildman–Crippen LogP) is 2.74. The van der Waals surface area contributed by atoms with Crippen molar-refractivity contribution >= 4 is 26.7 Å². The van der Waals surface area contributed by atoms with Gasteiger partial charge in [0.05, 0.1) is 10.4 Å². The molecule has 0 bridgehead atoms. The summed E-state index contributed by atoms with van der Waals surface area (Å²) in [4.78, 5) is 4.71. The lowest BCUT2D eigenvalue weighted by atomic mass is 10.2. The number of aromatic nitrogens is 1. The quantitative estimate of drug-likeness (QED) is 0.861. The predicted molar refractivity (Wildman–Crippen MR) is 86.0 cm³/mol. The molecular formula is C15H21N3O2S. The maximum absolute atomic E-state index is 12.3. The van der Waals surface area contributed by atoms with Crippen LogP contribution in [0, 0.1) is 0 Å². The van der Waals surface area contributed by atoms with Crippen molar-refractivity contribution in [2.24, 2.45) is 0 Å². The van der Waals surface area contributed by atoms with E-state index in [9.17, 15) is 8.42 Å². The van der Waals surface area contributed by atoms with Crippen molar-refractivity contribution < 1.29 is 8.42 Å². The lowest BCUT2D eigenvalue weighted by molar-refractivity contribution is 0.556. The second kappa shape index (κ2) is 6.41. The largest absolute Gasteiger partial charge is 0.370 e. The summed E-state index contributed by atoms with van der Waals surface area (Å²) in [6, 6.07) is 8.63. The van der Waals surface area contributed by atoms with E-state index >= 15 is 0 Å². The number of nitrogens with zero attached hydrogens (tertiary/aromatic N) is 1. The smallest absolute Gasteiger partial charge is 0.240 e. The van der Waals surface area contributed by atoms with Crippen LogP contribution in [0.15, 0.2) is 35.2 Å². The van der Waals surface area contributed by atoms with E-state index in [-0.39, 0.29) is 10.9 Å². The summed E-state index contributed by atoms with van der Waals surface area (Å²) in [5.41, 5.74) is 0.774. The molecule has 114 valence electrons. The van der Waals surface area contributed by atoms with Crippen LogP contribution < -0.4 is 10.0 Å². The lowest BCUT2D eigenvalue weighted by Crippen LogP contribution is -2.31. The fraction of sp³-hybridized carbons (Fsp3) is 0.400. The second-order valence-electron chi connectivity index (χ2n) is 5.01. The Morgan fingerprint density at radius 3 is 2.62 bits per heavy atom. The molecule has 0 aliphatic rings. The van der Waals surface area contributed by atoms with E-state index in [2.05, 4.69) is 15.0 Å². The molecule has 2 rings (SSSR count). The Morgan fingerprint density at radius 2 is 1.95 bits per heavy atom. The summed E-state index contributed by atoms with van der Waals surface area (Å²) in [7, 11) is -3.48. The first-order valence-corrected chi connectivity index (χ1v) is 8.61. The van der Waals surface area contributed by atoms with E-state index in [0.29, 0.717) is 0 Å². The molecule has 6 heteroatoms. The third-order valence-electron chi connectivity index (χ3n) is 3.30. The Morgan fingerprint density at radius 1 is 1.19 bits per heavy atom. The maximum atomic E-state index is 12.3. The Hall–Kier alpha value is -1.66. The van der Waals surface area contributed by atoms with Crippen LogP contribution in [0.2, 0.25) is 0 Å². The highest BCUT2D eigenvalue weighted by Crippen LogP contribution is 2.20. The van der Waals surface area contributed by atoms with E-state index in [1.807, 2.05) is 32.9 Å². The van der Waals surface area contributed by atoms with Gasteiger partial charge in [-0.3, -0.25) is 0 Å². The summed E-state index contributed by atoms with van der Waals surface area (Å²) in [6.07, 6.45) is 0.750. The molecule has 2 N–H and O–H groups in total. The molecule has 0 saturated heterocycles. The minimum absolute atomic E-state index is 0.0834. The molecule has 1 atom stereocenters. The van der Waals surface area contributed by atoms with Gasteiger partial charge in [-0.05, 0) is 50.6 Å². The third-order valence-corrected chi connectivity index (χ3v) is 4.88. The molecule has 0 fully saturated rings. The number of sulfonamides is 1. The van der Waals surface area contributed by atoms with Gasteiger partial charge in [0.25, 0.3) is 0 Å². The maximum Gasteiger partial charge on any atom is 0.240 e. The number of anilines is 1. The molecular weight excluding hydrogens is 286 g/mol. The number of benzene rings is 1. The van der Waals surface area contributed by atoms with Crippen LogP contribution in [0.1, 0.15) is 27.2 Å². The molecule has 1 heterocycles. The molecule has 0 radical (unpaired) electrons. The zero-order valence-electron chi connectivity index (χ0n) is 12.6. The first-order chi connectivity index (χ1) is 9.96. The summed E-state index contributed by atoms with van der Waals surface area (Å²) in [5.74, 6) is 0.790. The van der Waals surface area contributed by atoms with Crippen molar-refractivity contribution in [3.05, 3.63) is 30.3 Å². The van der Waals surface area contributed by atoms with Gasteiger partial charge in [0.1, 0.15) is 5.82 Å². The van der Waals surface area contributed by atoms with Crippen molar-refractivity contribution in [3.63, 3.8) is 0 Å². The molecule has 2 aromatic rings. The number of pyridine rings is 1. The number of hydrogen-bond donors (Lipinski definition) is 2. The Labute approximate surface area is 125 Å². The monoisotopic (exact) mass is 307 g/mol. The standard InChI is InChI=1S/C15H21N3O2S/c1-4-11(3)18-21(19,20)13-7-8-14-12(10-13)6-9-15(17-14)16-5-2/h6-11,18H,4-5H2,1-3H3,(H,16,17). The zero-order valence-corrected chi connectivity index (χ0v) is 13.4. The highest BCUT2D eigenvalue weighted by atomic mass is 32.2. The first-order valence-electron chi connectivity index (χ1n) is 7.13. The topological polar surface area (TPSA) is 71.1 Å². The van der Waals surface area contributed by atoms with Gasteiger partial charge in [-0.25, -0.2) is 18.1 Å². The van der Waals surface area contributed by atoms with Crippen molar-refractivity contribution in [1.82, 2.24) is 9.71 Å². The first kappa shape index (κ1) is 15.7. The fourth-order valence-electron chi connectivity index (χ4n) is 1.97. The molecule has 0 saturated carbocycles. The van der Waals surface area contributed by atoms with Gasteiger partial charge in [0, 0.05) is 18.0 Å².